The van der Waals surface area contributed by atoms with E-state index in [1.54, 1.807) is 0 Å². The highest BCUT2D eigenvalue weighted by Crippen LogP contribution is 2.08. The van der Waals surface area contributed by atoms with Crippen molar-refractivity contribution in [3.05, 3.63) is 35.9 Å². The first-order valence-electron chi connectivity index (χ1n) is 6.91. The van der Waals surface area contributed by atoms with Gasteiger partial charge >= 0.3 is 0 Å². The Morgan fingerprint density at radius 1 is 1.26 bits per heavy atom. The summed E-state index contributed by atoms with van der Waals surface area (Å²) in [7, 11) is 0. The lowest BCUT2D eigenvalue weighted by molar-refractivity contribution is -0.122. The molecule has 0 aliphatic heterocycles. The largest absolute Gasteiger partial charge is 0.381 e. The molecule has 106 valence electrons. The molecule has 1 amide bonds. The zero-order valence-electron chi connectivity index (χ0n) is 11.6. The summed E-state index contributed by atoms with van der Waals surface area (Å²) >= 11 is 0. The molecule has 0 radical (unpaired) electrons. The molecule has 0 fully saturated rings. The van der Waals surface area contributed by atoms with E-state index < -0.39 is 6.04 Å². The molecule has 3 N–H and O–H groups in total. The van der Waals surface area contributed by atoms with E-state index in [1.807, 2.05) is 30.3 Å². The van der Waals surface area contributed by atoms with E-state index in [-0.39, 0.29) is 5.91 Å². The molecule has 0 aromatic heterocycles. The van der Waals surface area contributed by atoms with Crippen molar-refractivity contribution in [2.75, 3.05) is 19.8 Å². The fourth-order valence-corrected chi connectivity index (χ4v) is 1.66. The van der Waals surface area contributed by atoms with Crippen LogP contribution in [0.1, 0.15) is 37.8 Å². The summed E-state index contributed by atoms with van der Waals surface area (Å²) in [4.78, 5) is 11.8. The number of hydrogen-bond acceptors (Lipinski definition) is 3. The van der Waals surface area contributed by atoms with Crippen LogP contribution in [0, 0.1) is 0 Å². The molecule has 19 heavy (non-hydrogen) atoms. The van der Waals surface area contributed by atoms with Crippen LogP contribution in [0.2, 0.25) is 0 Å². The number of ether oxygens (including phenoxy) is 1. The second-order valence-electron chi connectivity index (χ2n) is 4.50. The quantitative estimate of drug-likeness (QED) is 0.671. The summed E-state index contributed by atoms with van der Waals surface area (Å²) in [5.41, 5.74) is 6.71. The Morgan fingerprint density at radius 2 is 1.95 bits per heavy atom. The van der Waals surface area contributed by atoms with Crippen molar-refractivity contribution >= 4 is 5.91 Å². The first-order valence-corrected chi connectivity index (χ1v) is 6.91. The lowest BCUT2D eigenvalue weighted by Gasteiger charge is -2.12. The lowest BCUT2D eigenvalue weighted by atomic mass is 10.1. The van der Waals surface area contributed by atoms with Gasteiger partial charge in [-0.3, -0.25) is 4.79 Å². The fraction of sp³-hybridized carbons (Fsp3) is 0.533. The van der Waals surface area contributed by atoms with Crippen molar-refractivity contribution in [2.24, 2.45) is 5.73 Å². The van der Waals surface area contributed by atoms with E-state index in [4.69, 9.17) is 10.5 Å². The normalized spacial score (nSPS) is 12.1. The standard InChI is InChI=1S/C15H24N2O2/c1-2-3-11-19-12-7-10-17-15(18)14(16)13-8-5-4-6-9-13/h4-6,8-9,14H,2-3,7,10-12,16H2,1H3,(H,17,18). The fourth-order valence-electron chi connectivity index (χ4n) is 1.66. The van der Waals surface area contributed by atoms with Crippen LogP contribution in [0.3, 0.4) is 0 Å². The summed E-state index contributed by atoms with van der Waals surface area (Å²) in [5.74, 6) is -0.139. The third-order valence-electron chi connectivity index (χ3n) is 2.85. The van der Waals surface area contributed by atoms with Crippen LogP contribution in [0.4, 0.5) is 0 Å². The van der Waals surface area contributed by atoms with Crippen molar-refractivity contribution in [1.29, 1.82) is 0 Å². The van der Waals surface area contributed by atoms with Crippen LogP contribution in [0.25, 0.3) is 0 Å². The van der Waals surface area contributed by atoms with Gasteiger partial charge in [-0.15, -0.1) is 0 Å². The van der Waals surface area contributed by atoms with Crippen molar-refractivity contribution in [3.8, 4) is 0 Å². The molecular weight excluding hydrogens is 240 g/mol. The molecule has 1 aromatic rings. The maximum absolute atomic E-state index is 11.8. The van der Waals surface area contributed by atoms with Gasteiger partial charge in [-0.1, -0.05) is 43.7 Å². The van der Waals surface area contributed by atoms with Gasteiger partial charge in [0.05, 0.1) is 0 Å². The number of nitrogens with two attached hydrogens (primary N) is 1. The SMILES string of the molecule is CCCCOCCCNC(=O)C(N)c1ccccc1. The molecule has 4 heteroatoms. The van der Waals surface area contributed by atoms with Gasteiger partial charge in [0.2, 0.25) is 5.91 Å². The lowest BCUT2D eigenvalue weighted by Crippen LogP contribution is -2.34. The average Bonchev–Trinajstić information content (AvgIpc) is 2.46. The van der Waals surface area contributed by atoms with Crippen LogP contribution in [-0.4, -0.2) is 25.7 Å². The minimum Gasteiger partial charge on any atom is -0.381 e. The summed E-state index contributed by atoms with van der Waals surface area (Å²) in [6, 6.07) is 8.79. The Balaban J connectivity index is 2.14. The molecule has 0 bridgehead atoms. The first kappa shape index (κ1) is 15.7. The van der Waals surface area contributed by atoms with Gasteiger partial charge < -0.3 is 15.8 Å². The predicted molar refractivity (Wildman–Crippen MR) is 76.7 cm³/mol. The third kappa shape index (κ3) is 6.36. The Hall–Kier alpha value is -1.39. The summed E-state index contributed by atoms with van der Waals surface area (Å²) < 4.78 is 5.42. The highest BCUT2D eigenvalue weighted by molar-refractivity contribution is 5.82. The number of nitrogens with one attached hydrogen (secondary N) is 1. The predicted octanol–water partition coefficient (Wildman–Crippen LogP) is 2.01. The molecule has 0 aliphatic rings. The van der Waals surface area contributed by atoms with Gasteiger partial charge in [-0.25, -0.2) is 0 Å². The maximum Gasteiger partial charge on any atom is 0.241 e. The highest BCUT2D eigenvalue weighted by Gasteiger charge is 2.14. The van der Waals surface area contributed by atoms with E-state index in [0.29, 0.717) is 13.2 Å². The van der Waals surface area contributed by atoms with E-state index in [0.717, 1.165) is 31.4 Å². The van der Waals surface area contributed by atoms with Crippen LogP contribution < -0.4 is 11.1 Å². The van der Waals surface area contributed by atoms with E-state index in [9.17, 15) is 4.79 Å². The number of rotatable bonds is 9. The molecule has 0 aliphatic carbocycles. The van der Waals surface area contributed by atoms with Gasteiger partial charge in [0.1, 0.15) is 6.04 Å². The van der Waals surface area contributed by atoms with Gasteiger partial charge in [0.15, 0.2) is 0 Å². The Labute approximate surface area is 115 Å². The van der Waals surface area contributed by atoms with Crippen LogP contribution in [0.5, 0.6) is 0 Å². The second-order valence-corrected chi connectivity index (χ2v) is 4.50. The number of carbonyl (C=O) groups is 1. The zero-order chi connectivity index (χ0) is 13.9. The average molecular weight is 264 g/mol. The van der Waals surface area contributed by atoms with Gasteiger partial charge in [0, 0.05) is 19.8 Å². The van der Waals surface area contributed by atoms with Crippen LogP contribution >= 0.6 is 0 Å². The topological polar surface area (TPSA) is 64.3 Å². The summed E-state index contributed by atoms with van der Waals surface area (Å²) in [5, 5.41) is 2.83. The Morgan fingerprint density at radius 3 is 2.63 bits per heavy atom. The molecule has 4 nitrogen and oxygen atoms in total. The van der Waals surface area contributed by atoms with Crippen molar-refractivity contribution in [2.45, 2.75) is 32.2 Å². The molecule has 1 unspecified atom stereocenters. The molecule has 0 saturated heterocycles. The second kappa shape index (κ2) is 9.53. The highest BCUT2D eigenvalue weighted by atomic mass is 16.5. The molecule has 1 atom stereocenters. The maximum atomic E-state index is 11.8. The first-order chi connectivity index (χ1) is 9.25. The van der Waals surface area contributed by atoms with E-state index in [1.165, 1.54) is 0 Å². The number of carbonyl (C=O) groups excluding carboxylic acids is 1. The van der Waals surface area contributed by atoms with Gasteiger partial charge in [0.25, 0.3) is 0 Å². The zero-order valence-corrected chi connectivity index (χ0v) is 11.6. The number of unbranched alkanes of at least 4 members (excludes halogenated alkanes) is 1. The number of benzene rings is 1. The van der Waals surface area contributed by atoms with Crippen molar-refractivity contribution < 1.29 is 9.53 Å². The molecule has 0 heterocycles. The van der Waals surface area contributed by atoms with Crippen molar-refractivity contribution in [3.63, 3.8) is 0 Å². The molecule has 1 rings (SSSR count). The van der Waals surface area contributed by atoms with E-state index in [2.05, 4.69) is 12.2 Å². The summed E-state index contributed by atoms with van der Waals surface area (Å²) in [6.07, 6.45) is 3.05. The van der Waals surface area contributed by atoms with Crippen molar-refractivity contribution in [1.82, 2.24) is 5.32 Å². The molecular formula is C15H24N2O2. The Bertz CT molecular complexity index is 354. The van der Waals surface area contributed by atoms with E-state index >= 15 is 0 Å². The minimum absolute atomic E-state index is 0.139. The number of hydrogen-bond donors (Lipinski definition) is 2. The minimum atomic E-state index is -0.595. The molecule has 1 aromatic carbocycles. The third-order valence-corrected chi connectivity index (χ3v) is 2.85. The summed E-state index contributed by atoms with van der Waals surface area (Å²) in [6.45, 7) is 4.22. The Kier molecular flexibility index (Phi) is 7.86. The smallest absolute Gasteiger partial charge is 0.241 e. The van der Waals surface area contributed by atoms with Gasteiger partial charge in [-0.05, 0) is 18.4 Å². The van der Waals surface area contributed by atoms with Crippen LogP contribution in [0.15, 0.2) is 30.3 Å². The van der Waals surface area contributed by atoms with Gasteiger partial charge in [-0.2, -0.15) is 0 Å². The molecule has 0 saturated carbocycles. The van der Waals surface area contributed by atoms with Crippen LogP contribution in [-0.2, 0) is 9.53 Å². The number of amides is 1. The molecule has 0 spiro atoms. The monoisotopic (exact) mass is 264 g/mol.